The second kappa shape index (κ2) is 9.88. The van der Waals surface area contributed by atoms with Crippen LogP contribution in [0.25, 0.3) is 11.0 Å². The van der Waals surface area contributed by atoms with Crippen LogP contribution in [0.15, 0.2) is 53.8 Å². The molecular weight excluding hydrogens is 440 g/mol. The van der Waals surface area contributed by atoms with Gasteiger partial charge in [0.25, 0.3) is 0 Å². The van der Waals surface area contributed by atoms with Gasteiger partial charge < -0.3 is 14.4 Å². The number of piperazine rings is 1. The van der Waals surface area contributed by atoms with Crippen molar-refractivity contribution in [2.75, 3.05) is 44.2 Å². The van der Waals surface area contributed by atoms with Crippen LogP contribution in [0.5, 0.6) is 0 Å². The van der Waals surface area contributed by atoms with Crippen molar-refractivity contribution >= 4 is 32.8 Å². The fraction of sp³-hybridized carbons (Fsp3) is 0.435. The molecule has 1 fully saturated rings. The van der Waals surface area contributed by atoms with Crippen molar-refractivity contribution in [2.45, 2.75) is 31.7 Å². The Kier molecular flexibility index (Phi) is 6.94. The molecule has 0 spiro atoms. The topological polar surface area (TPSA) is 91.6 Å². The second-order valence-electron chi connectivity index (χ2n) is 7.98. The van der Waals surface area contributed by atoms with Crippen molar-refractivity contribution in [3.05, 3.63) is 48.9 Å². The molecule has 0 atom stereocenters. The molecule has 3 heterocycles. The third-order valence-corrected chi connectivity index (χ3v) is 8.15. The van der Waals surface area contributed by atoms with E-state index in [1.54, 1.807) is 30.7 Å². The number of hydrogen-bond acceptors (Lipinski definition) is 6. The molecule has 1 aliphatic rings. The third-order valence-electron chi connectivity index (χ3n) is 6.11. The van der Waals surface area contributed by atoms with E-state index in [0.717, 1.165) is 24.4 Å². The lowest BCUT2D eigenvalue weighted by atomic mass is 10.2. The maximum Gasteiger partial charge on any atom is 0.243 e. The van der Waals surface area contributed by atoms with Crippen molar-refractivity contribution in [2.24, 2.45) is 0 Å². The first-order chi connectivity index (χ1) is 15.9. The number of fused-ring (bicyclic) bond motifs is 1. The van der Waals surface area contributed by atoms with Gasteiger partial charge in [-0.2, -0.15) is 4.31 Å². The van der Waals surface area contributed by atoms with E-state index in [4.69, 9.17) is 0 Å². The molecule has 9 nitrogen and oxygen atoms in total. The van der Waals surface area contributed by atoms with Crippen molar-refractivity contribution in [3.63, 3.8) is 0 Å². The number of aryl methyl sites for hydroxylation is 1. The number of carbonyl (C=O) groups is 1. The summed E-state index contributed by atoms with van der Waals surface area (Å²) in [5.41, 5.74) is 1.43. The monoisotopic (exact) mass is 470 g/mol. The van der Waals surface area contributed by atoms with Gasteiger partial charge in [-0.25, -0.2) is 18.4 Å². The Morgan fingerprint density at radius 1 is 1.03 bits per heavy atom. The van der Waals surface area contributed by atoms with E-state index in [1.807, 2.05) is 41.5 Å². The Labute approximate surface area is 194 Å². The lowest BCUT2D eigenvalue weighted by Crippen LogP contribution is -2.49. The van der Waals surface area contributed by atoms with Crippen LogP contribution < -0.4 is 4.90 Å². The molecule has 0 aliphatic carbocycles. The SMILES string of the molecule is CCN(CC)S(=O)(=O)c1ccc2c(c1)ncn2CCC(=O)N1CCN(c2ccccn2)CC1. The van der Waals surface area contributed by atoms with Crippen LogP contribution in [-0.2, 0) is 21.4 Å². The summed E-state index contributed by atoms with van der Waals surface area (Å²) in [5.74, 6) is 1.05. The molecule has 0 bridgehead atoms. The van der Waals surface area contributed by atoms with Crippen LogP contribution in [0.4, 0.5) is 5.82 Å². The van der Waals surface area contributed by atoms with Gasteiger partial charge in [-0.15, -0.1) is 0 Å². The van der Waals surface area contributed by atoms with Crippen LogP contribution >= 0.6 is 0 Å². The van der Waals surface area contributed by atoms with Crippen LogP contribution in [-0.4, -0.2) is 77.3 Å². The average Bonchev–Trinajstić information content (AvgIpc) is 3.26. The number of amides is 1. The van der Waals surface area contributed by atoms with Gasteiger partial charge in [0, 0.05) is 58.4 Å². The Morgan fingerprint density at radius 3 is 2.45 bits per heavy atom. The first-order valence-corrected chi connectivity index (χ1v) is 12.8. The molecule has 1 amide bonds. The Bertz CT molecular complexity index is 1200. The zero-order valence-corrected chi connectivity index (χ0v) is 19.9. The number of nitrogens with zero attached hydrogens (tertiary/aromatic N) is 6. The fourth-order valence-electron chi connectivity index (χ4n) is 4.19. The zero-order valence-electron chi connectivity index (χ0n) is 19.1. The molecule has 1 saturated heterocycles. The summed E-state index contributed by atoms with van der Waals surface area (Å²) in [7, 11) is -3.53. The predicted molar refractivity (Wildman–Crippen MR) is 127 cm³/mol. The summed E-state index contributed by atoms with van der Waals surface area (Å²) in [5, 5.41) is 0. The van der Waals surface area contributed by atoms with Gasteiger partial charge in [-0.1, -0.05) is 19.9 Å². The minimum absolute atomic E-state index is 0.109. The summed E-state index contributed by atoms with van der Waals surface area (Å²) < 4.78 is 28.9. The van der Waals surface area contributed by atoms with Gasteiger partial charge in [0.2, 0.25) is 15.9 Å². The highest BCUT2D eigenvalue weighted by atomic mass is 32.2. The molecule has 176 valence electrons. The highest BCUT2D eigenvalue weighted by molar-refractivity contribution is 7.89. The molecule has 1 aliphatic heterocycles. The molecule has 0 radical (unpaired) electrons. The number of pyridine rings is 1. The molecule has 1 aromatic carbocycles. The minimum atomic E-state index is -3.53. The summed E-state index contributed by atoms with van der Waals surface area (Å²) in [6.45, 7) is 7.86. The van der Waals surface area contributed by atoms with Crippen molar-refractivity contribution in [3.8, 4) is 0 Å². The van der Waals surface area contributed by atoms with Gasteiger partial charge in [0.15, 0.2) is 0 Å². The minimum Gasteiger partial charge on any atom is -0.353 e. The average molecular weight is 471 g/mol. The van der Waals surface area contributed by atoms with E-state index in [9.17, 15) is 13.2 Å². The highest BCUT2D eigenvalue weighted by Gasteiger charge is 2.23. The molecule has 0 unspecified atom stereocenters. The maximum absolute atomic E-state index is 12.8. The van der Waals surface area contributed by atoms with E-state index >= 15 is 0 Å². The number of imidazole rings is 1. The summed E-state index contributed by atoms with van der Waals surface area (Å²) in [6.07, 6.45) is 3.82. The number of rotatable bonds is 8. The molecular formula is C23H30N6O3S. The molecule has 10 heteroatoms. The zero-order chi connectivity index (χ0) is 23.4. The Morgan fingerprint density at radius 2 is 1.79 bits per heavy atom. The molecule has 0 saturated carbocycles. The number of anilines is 1. The number of aromatic nitrogens is 3. The van der Waals surface area contributed by atoms with Crippen LogP contribution in [0, 0.1) is 0 Å². The lowest BCUT2D eigenvalue weighted by Gasteiger charge is -2.35. The van der Waals surface area contributed by atoms with E-state index in [1.165, 1.54) is 4.31 Å². The van der Waals surface area contributed by atoms with Gasteiger partial charge in [0.05, 0.1) is 22.3 Å². The van der Waals surface area contributed by atoms with E-state index < -0.39 is 10.0 Å². The Balaban J connectivity index is 1.37. The standard InChI is InChI=1S/C23H30N6O3S/c1-3-29(4-2)33(31,32)19-8-9-21-20(17-19)25-18-28(21)12-10-23(30)27-15-13-26(14-16-27)22-7-5-6-11-24-22/h5-9,11,17-18H,3-4,10,12-16H2,1-2H3. The van der Waals surface area contributed by atoms with Crippen LogP contribution in [0.3, 0.4) is 0 Å². The predicted octanol–water partition coefficient (Wildman–Crippen LogP) is 2.20. The van der Waals surface area contributed by atoms with Gasteiger partial charge in [0.1, 0.15) is 5.82 Å². The molecule has 33 heavy (non-hydrogen) atoms. The third kappa shape index (κ3) is 4.86. The number of benzene rings is 1. The summed E-state index contributed by atoms with van der Waals surface area (Å²) in [6, 6.07) is 10.9. The normalized spacial score (nSPS) is 14.9. The second-order valence-corrected chi connectivity index (χ2v) is 9.92. The lowest BCUT2D eigenvalue weighted by molar-refractivity contribution is -0.131. The smallest absolute Gasteiger partial charge is 0.243 e. The molecule has 4 rings (SSSR count). The molecule has 3 aromatic rings. The molecule has 2 aromatic heterocycles. The van der Waals surface area contributed by atoms with Crippen LogP contribution in [0.1, 0.15) is 20.3 Å². The number of carbonyl (C=O) groups excluding carboxylic acids is 1. The van der Waals surface area contributed by atoms with Gasteiger partial charge in [-0.3, -0.25) is 4.79 Å². The van der Waals surface area contributed by atoms with Crippen molar-refractivity contribution in [1.82, 2.24) is 23.7 Å². The quantitative estimate of drug-likeness (QED) is 0.501. The van der Waals surface area contributed by atoms with E-state index in [0.29, 0.717) is 44.7 Å². The van der Waals surface area contributed by atoms with E-state index in [-0.39, 0.29) is 10.8 Å². The maximum atomic E-state index is 12.8. The largest absolute Gasteiger partial charge is 0.353 e. The van der Waals surface area contributed by atoms with Crippen molar-refractivity contribution in [1.29, 1.82) is 0 Å². The fourth-order valence-corrected chi connectivity index (χ4v) is 5.67. The highest BCUT2D eigenvalue weighted by Crippen LogP contribution is 2.22. The van der Waals surface area contributed by atoms with Gasteiger partial charge in [-0.05, 0) is 30.3 Å². The van der Waals surface area contributed by atoms with Crippen molar-refractivity contribution < 1.29 is 13.2 Å². The van der Waals surface area contributed by atoms with E-state index in [2.05, 4.69) is 14.9 Å². The first kappa shape index (κ1) is 23.2. The number of sulfonamides is 1. The van der Waals surface area contributed by atoms with Crippen LogP contribution in [0.2, 0.25) is 0 Å². The Hall–Kier alpha value is -2.98. The number of hydrogen-bond donors (Lipinski definition) is 0. The summed E-state index contributed by atoms with van der Waals surface area (Å²) >= 11 is 0. The van der Waals surface area contributed by atoms with Gasteiger partial charge >= 0.3 is 0 Å². The molecule has 0 N–H and O–H groups in total. The summed E-state index contributed by atoms with van der Waals surface area (Å²) in [4.78, 5) is 25.9. The first-order valence-electron chi connectivity index (χ1n) is 11.3.